The van der Waals surface area contributed by atoms with Crippen molar-refractivity contribution in [1.82, 2.24) is 0 Å². The highest BCUT2D eigenvalue weighted by Crippen LogP contribution is 2.34. The second kappa shape index (κ2) is 4.99. The van der Waals surface area contributed by atoms with E-state index in [0.29, 0.717) is 11.5 Å². The van der Waals surface area contributed by atoms with Gasteiger partial charge in [0.1, 0.15) is 0 Å². The third-order valence-corrected chi connectivity index (χ3v) is 3.11. The van der Waals surface area contributed by atoms with Crippen LogP contribution < -0.4 is 0 Å². The molecule has 1 fully saturated rings. The van der Waals surface area contributed by atoms with Crippen molar-refractivity contribution < 1.29 is 9.90 Å². The van der Waals surface area contributed by atoms with Crippen molar-refractivity contribution in [3.8, 4) is 0 Å². The van der Waals surface area contributed by atoms with Gasteiger partial charge in [0.2, 0.25) is 0 Å². The highest BCUT2D eigenvalue weighted by Gasteiger charge is 2.32. The van der Waals surface area contributed by atoms with Crippen molar-refractivity contribution in [2.75, 3.05) is 0 Å². The molecule has 0 amide bonds. The van der Waals surface area contributed by atoms with E-state index in [2.05, 4.69) is 13.5 Å². The predicted octanol–water partition coefficient (Wildman–Crippen LogP) is 3.01. The van der Waals surface area contributed by atoms with Crippen molar-refractivity contribution >= 4 is 5.78 Å². The van der Waals surface area contributed by atoms with Gasteiger partial charge in [0, 0.05) is 11.5 Å². The van der Waals surface area contributed by atoms with Gasteiger partial charge in [-0.25, -0.2) is 0 Å². The molecule has 0 saturated heterocycles. The number of rotatable bonds is 3. The van der Waals surface area contributed by atoms with E-state index in [1.165, 1.54) is 0 Å². The Morgan fingerprint density at radius 2 is 2.36 bits per heavy atom. The Kier molecular flexibility index (Phi) is 3.93. The SMILES string of the molecule is C=CC[C@@H]1C(=O)/C(=C\O)CC[C@H]1CC. The Bertz CT molecular complexity index is 253. The third kappa shape index (κ3) is 2.06. The van der Waals surface area contributed by atoms with Crippen LogP contribution in [0.4, 0.5) is 0 Å². The summed E-state index contributed by atoms with van der Waals surface area (Å²) in [5.74, 6) is 0.624. The maximum Gasteiger partial charge on any atom is 0.165 e. The number of aliphatic hydroxyl groups excluding tert-OH is 1. The summed E-state index contributed by atoms with van der Waals surface area (Å²) in [7, 11) is 0. The number of hydrogen-bond acceptors (Lipinski definition) is 2. The zero-order valence-electron chi connectivity index (χ0n) is 8.70. The average Bonchev–Trinajstić information content (AvgIpc) is 2.21. The van der Waals surface area contributed by atoms with Crippen molar-refractivity contribution in [2.45, 2.75) is 32.6 Å². The quantitative estimate of drug-likeness (QED) is 0.426. The van der Waals surface area contributed by atoms with Crippen LogP contribution in [0.1, 0.15) is 32.6 Å². The first-order chi connectivity index (χ1) is 6.74. The summed E-state index contributed by atoms with van der Waals surface area (Å²) in [6, 6.07) is 0. The molecule has 2 atom stereocenters. The summed E-state index contributed by atoms with van der Waals surface area (Å²) in [6.45, 7) is 5.79. The highest BCUT2D eigenvalue weighted by atomic mass is 16.2. The first kappa shape index (κ1) is 11.0. The maximum atomic E-state index is 11.8. The summed E-state index contributed by atoms with van der Waals surface area (Å²) in [6.07, 6.45) is 6.27. The molecule has 14 heavy (non-hydrogen) atoms. The lowest BCUT2D eigenvalue weighted by molar-refractivity contribution is -0.122. The zero-order valence-corrected chi connectivity index (χ0v) is 8.70. The molecule has 0 radical (unpaired) electrons. The van der Waals surface area contributed by atoms with E-state index in [0.717, 1.165) is 31.9 Å². The third-order valence-electron chi connectivity index (χ3n) is 3.11. The summed E-state index contributed by atoms with van der Waals surface area (Å²) in [4.78, 5) is 11.8. The fraction of sp³-hybridized carbons (Fsp3) is 0.583. The van der Waals surface area contributed by atoms with E-state index in [9.17, 15) is 4.79 Å². The Morgan fingerprint density at radius 1 is 1.64 bits per heavy atom. The number of aliphatic hydroxyl groups is 1. The summed E-state index contributed by atoms with van der Waals surface area (Å²) in [5.41, 5.74) is 0.585. The van der Waals surface area contributed by atoms with Crippen LogP contribution in [0.2, 0.25) is 0 Å². The van der Waals surface area contributed by atoms with E-state index < -0.39 is 0 Å². The molecule has 0 aromatic carbocycles. The Hall–Kier alpha value is -1.05. The molecule has 1 rings (SSSR count). The van der Waals surface area contributed by atoms with E-state index in [4.69, 9.17) is 5.11 Å². The van der Waals surface area contributed by atoms with Crippen LogP contribution in [0.25, 0.3) is 0 Å². The number of hydrogen-bond donors (Lipinski definition) is 1. The standard InChI is InChI=1S/C12H18O2/c1-3-5-11-9(4-2)6-7-10(8-13)12(11)14/h3,8-9,11,13H,1,4-7H2,2H3/b10-8-/t9-,11+/m1/s1. The van der Waals surface area contributed by atoms with Gasteiger partial charge in [-0.15, -0.1) is 6.58 Å². The first-order valence-electron chi connectivity index (χ1n) is 5.22. The molecule has 0 unspecified atom stereocenters. The van der Waals surface area contributed by atoms with Gasteiger partial charge in [-0.2, -0.15) is 0 Å². The first-order valence-corrected chi connectivity index (χ1v) is 5.22. The normalized spacial score (nSPS) is 30.6. The van der Waals surface area contributed by atoms with Crippen molar-refractivity contribution in [3.63, 3.8) is 0 Å². The molecular formula is C12H18O2. The highest BCUT2D eigenvalue weighted by molar-refractivity contribution is 5.97. The molecule has 78 valence electrons. The van der Waals surface area contributed by atoms with Gasteiger partial charge in [-0.05, 0) is 25.2 Å². The fourth-order valence-electron chi connectivity index (χ4n) is 2.21. The molecule has 0 heterocycles. The molecule has 1 aliphatic rings. The van der Waals surface area contributed by atoms with Crippen LogP contribution in [0.3, 0.4) is 0 Å². The van der Waals surface area contributed by atoms with E-state index in [-0.39, 0.29) is 11.7 Å². The Morgan fingerprint density at radius 3 is 2.86 bits per heavy atom. The maximum absolute atomic E-state index is 11.8. The lowest BCUT2D eigenvalue weighted by Gasteiger charge is -2.29. The molecule has 0 aliphatic heterocycles. The molecular weight excluding hydrogens is 176 g/mol. The molecule has 1 N–H and O–H groups in total. The van der Waals surface area contributed by atoms with Gasteiger partial charge in [0.15, 0.2) is 5.78 Å². The molecule has 0 spiro atoms. The van der Waals surface area contributed by atoms with Crippen LogP contribution in [-0.4, -0.2) is 10.9 Å². The minimum absolute atomic E-state index is 0.0460. The molecule has 0 bridgehead atoms. The summed E-state index contributed by atoms with van der Waals surface area (Å²) < 4.78 is 0. The van der Waals surface area contributed by atoms with E-state index >= 15 is 0 Å². The van der Waals surface area contributed by atoms with E-state index in [1.807, 2.05) is 0 Å². The zero-order chi connectivity index (χ0) is 10.6. The van der Waals surface area contributed by atoms with Gasteiger partial charge >= 0.3 is 0 Å². The van der Waals surface area contributed by atoms with Gasteiger partial charge in [0.25, 0.3) is 0 Å². The molecule has 0 aromatic rings. The van der Waals surface area contributed by atoms with Gasteiger partial charge < -0.3 is 5.11 Å². The fourth-order valence-corrected chi connectivity index (χ4v) is 2.21. The number of ketones is 1. The summed E-state index contributed by atoms with van der Waals surface area (Å²) >= 11 is 0. The molecule has 1 saturated carbocycles. The van der Waals surface area contributed by atoms with Crippen molar-refractivity contribution in [2.24, 2.45) is 11.8 Å². The van der Waals surface area contributed by atoms with Gasteiger partial charge in [0.05, 0.1) is 6.26 Å². The van der Waals surface area contributed by atoms with Gasteiger partial charge in [-0.3, -0.25) is 4.79 Å². The Balaban J connectivity index is 2.80. The Labute approximate surface area is 85.3 Å². The second-order valence-corrected chi connectivity index (χ2v) is 3.86. The second-order valence-electron chi connectivity index (χ2n) is 3.86. The predicted molar refractivity (Wildman–Crippen MR) is 57.0 cm³/mol. The summed E-state index contributed by atoms with van der Waals surface area (Å²) in [5, 5.41) is 8.90. The largest absolute Gasteiger partial charge is 0.515 e. The van der Waals surface area contributed by atoms with Crippen LogP contribution in [-0.2, 0) is 4.79 Å². The minimum atomic E-state index is 0.0460. The molecule has 1 aliphatic carbocycles. The van der Waals surface area contributed by atoms with Gasteiger partial charge in [-0.1, -0.05) is 19.4 Å². The topological polar surface area (TPSA) is 37.3 Å². The molecule has 2 heteroatoms. The van der Waals surface area contributed by atoms with Crippen LogP contribution in [0.15, 0.2) is 24.5 Å². The van der Waals surface area contributed by atoms with Crippen LogP contribution in [0.5, 0.6) is 0 Å². The monoisotopic (exact) mass is 194 g/mol. The number of carbonyl (C=O) groups excluding carboxylic acids is 1. The van der Waals surface area contributed by atoms with E-state index in [1.54, 1.807) is 6.08 Å². The lowest BCUT2D eigenvalue weighted by Crippen LogP contribution is -2.29. The molecule has 2 nitrogen and oxygen atoms in total. The lowest BCUT2D eigenvalue weighted by atomic mass is 9.73. The average molecular weight is 194 g/mol. The molecule has 0 aromatic heterocycles. The van der Waals surface area contributed by atoms with Crippen LogP contribution in [0, 0.1) is 11.8 Å². The minimum Gasteiger partial charge on any atom is -0.515 e. The van der Waals surface area contributed by atoms with Crippen LogP contribution >= 0.6 is 0 Å². The smallest absolute Gasteiger partial charge is 0.165 e. The number of carbonyl (C=O) groups is 1. The number of Topliss-reactive ketones (excluding diaryl/α,β-unsaturated/α-hetero) is 1. The van der Waals surface area contributed by atoms with Crippen molar-refractivity contribution in [1.29, 1.82) is 0 Å². The number of allylic oxidation sites excluding steroid dienone is 2. The van der Waals surface area contributed by atoms with Crippen molar-refractivity contribution in [3.05, 3.63) is 24.5 Å².